The second kappa shape index (κ2) is 8.76. The molecule has 1 aromatic carbocycles. The van der Waals surface area contributed by atoms with E-state index in [4.69, 9.17) is 4.98 Å². The topological polar surface area (TPSA) is 67.2 Å². The molecule has 1 saturated carbocycles. The standard InChI is InChI=1S/C22H30N4O2/c27-21(25-13-7-2-8-14-25)16-26-19-12-6-5-11-18(19)24-20(26)15-23-22(28)17-9-3-1-4-10-17/h5-6,11-12,17H,1-4,7-10,13-16H2,(H,23,28). The van der Waals surface area contributed by atoms with E-state index in [0.29, 0.717) is 6.54 Å². The maximum Gasteiger partial charge on any atom is 0.242 e. The summed E-state index contributed by atoms with van der Waals surface area (Å²) in [5, 5.41) is 3.08. The molecule has 2 aromatic rings. The Morgan fingerprint density at radius 2 is 1.71 bits per heavy atom. The third-order valence-corrected chi connectivity index (χ3v) is 6.13. The van der Waals surface area contributed by atoms with Crippen molar-refractivity contribution >= 4 is 22.8 Å². The molecule has 0 spiro atoms. The molecular formula is C22H30N4O2. The third kappa shape index (κ3) is 4.21. The highest BCUT2D eigenvalue weighted by Crippen LogP contribution is 2.24. The van der Waals surface area contributed by atoms with Gasteiger partial charge in [0.25, 0.3) is 0 Å². The van der Waals surface area contributed by atoms with Crippen molar-refractivity contribution < 1.29 is 9.59 Å². The van der Waals surface area contributed by atoms with Gasteiger partial charge in [-0.2, -0.15) is 0 Å². The highest BCUT2D eigenvalue weighted by molar-refractivity contribution is 5.82. The summed E-state index contributed by atoms with van der Waals surface area (Å²) in [6, 6.07) is 7.88. The number of hydrogen-bond donors (Lipinski definition) is 1. The first-order valence-corrected chi connectivity index (χ1v) is 10.7. The fraction of sp³-hybridized carbons (Fsp3) is 0.591. The summed E-state index contributed by atoms with van der Waals surface area (Å²) in [4.78, 5) is 32.0. The average Bonchev–Trinajstić information content (AvgIpc) is 3.10. The zero-order chi connectivity index (χ0) is 19.3. The number of hydrogen-bond acceptors (Lipinski definition) is 3. The normalized spacial score (nSPS) is 18.4. The highest BCUT2D eigenvalue weighted by Gasteiger charge is 2.23. The number of likely N-dealkylation sites (tertiary alicyclic amines) is 1. The molecular weight excluding hydrogens is 352 g/mol. The fourth-order valence-electron chi connectivity index (χ4n) is 4.49. The van der Waals surface area contributed by atoms with Crippen molar-refractivity contribution in [3.05, 3.63) is 30.1 Å². The summed E-state index contributed by atoms with van der Waals surface area (Å²) in [6.07, 6.45) is 8.85. The van der Waals surface area contributed by atoms with Crippen molar-refractivity contribution in [3.63, 3.8) is 0 Å². The molecule has 0 unspecified atom stereocenters. The Morgan fingerprint density at radius 3 is 2.50 bits per heavy atom. The number of nitrogens with zero attached hydrogens (tertiary/aromatic N) is 3. The van der Waals surface area contributed by atoms with Gasteiger partial charge in [-0.3, -0.25) is 9.59 Å². The van der Waals surface area contributed by atoms with Crippen LogP contribution < -0.4 is 5.32 Å². The molecule has 2 amide bonds. The predicted molar refractivity (Wildman–Crippen MR) is 109 cm³/mol. The number of fused-ring (bicyclic) bond motifs is 1. The number of para-hydroxylation sites is 2. The molecule has 1 saturated heterocycles. The number of benzene rings is 1. The maximum atomic E-state index is 12.8. The molecule has 1 aliphatic carbocycles. The van der Waals surface area contributed by atoms with Crippen LogP contribution >= 0.6 is 0 Å². The van der Waals surface area contributed by atoms with E-state index in [1.54, 1.807) is 0 Å². The van der Waals surface area contributed by atoms with Gasteiger partial charge in [-0.05, 0) is 44.2 Å². The Labute approximate surface area is 166 Å². The third-order valence-electron chi connectivity index (χ3n) is 6.13. The van der Waals surface area contributed by atoms with E-state index in [1.807, 2.05) is 33.7 Å². The van der Waals surface area contributed by atoms with Gasteiger partial charge < -0.3 is 14.8 Å². The number of amides is 2. The quantitative estimate of drug-likeness (QED) is 0.863. The number of rotatable bonds is 5. The molecule has 1 aliphatic heterocycles. The van der Waals surface area contributed by atoms with E-state index < -0.39 is 0 Å². The van der Waals surface area contributed by atoms with Gasteiger partial charge in [-0.15, -0.1) is 0 Å². The van der Waals surface area contributed by atoms with E-state index in [-0.39, 0.29) is 24.3 Å². The van der Waals surface area contributed by atoms with Gasteiger partial charge in [-0.1, -0.05) is 31.4 Å². The van der Waals surface area contributed by atoms with Gasteiger partial charge >= 0.3 is 0 Å². The van der Waals surface area contributed by atoms with E-state index in [9.17, 15) is 9.59 Å². The van der Waals surface area contributed by atoms with Crippen LogP contribution in [0.5, 0.6) is 0 Å². The lowest BCUT2D eigenvalue weighted by Crippen LogP contribution is -2.38. The van der Waals surface area contributed by atoms with Crippen LogP contribution in [-0.4, -0.2) is 39.4 Å². The lowest BCUT2D eigenvalue weighted by atomic mass is 9.89. The van der Waals surface area contributed by atoms with Crippen molar-refractivity contribution in [2.24, 2.45) is 5.92 Å². The molecule has 1 aromatic heterocycles. The Bertz CT molecular complexity index is 832. The SMILES string of the molecule is O=C(NCc1nc2ccccc2n1CC(=O)N1CCCCC1)C1CCCCC1. The first kappa shape index (κ1) is 19.0. The molecule has 6 nitrogen and oxygen atoms in total. The van der Waals surface area contributed by atoms with Crippen LogP contribution in [0, 0.1) is 5.92 Å². The number of aromatic nitrogens is 2. The van der Waals surface area contributed by atoms with Crippen molar-refractivity contribution in [1.82, 2.24) is 19.8 Å². The molecule has 0 bridgehead atoms. The van der Waals surface area contributed by atoms with Crippen LogP contribution in [0.25, 0.3) is 11.0 Å². The molecule has 0 atom stereocenters. The van der Waals surface area contributed by atoms with Crippen LogP contribution in [-0.2, 0) is 22.7 Å². The Balaban J connectivity index is 1.49. The van der Waals surface area contributed by atoms with Gasteiger partial charge in [0.2, 0.25) is 11.8 Å². The van der Waals surface area contributed by atoms with Crippen molar-refractivity contribution in [2.45, 2.75) is 64.5 Å². The molecule has 6 heteroatoms. The van der Waals surface area contributed by atoms with Gasteiger partial charge in [-0.25, -0.2) is 4.98 Å². The summed E-state index contributed by atoms with van der Waals surface area (Å²) >= 11 is 0. The van der Waals surface area contributed by atoms with Crippen molar-refractivity contribution in [3.8, 4) is 0 Å². The van der Waals surface area contributed by atoms with Crippen LogP contribution in [0.1, 0.15) is 57.2 Å². The minimum atomic E-state index is 0.126. The minimum Gasteiger partial charge on any atom is -0.349 e. The Kier molecular flexibility index (Phi) is 5.93. The number of imidazole rings is 1. The van der Waals surface area contributed by atoms with Crippen LogP contribution in [0.15, 0.2) is 24.3 Å². The first-order chi connectivity index (χ1) is 13.7. The van der Waals surface area contributed by atoms with Gasteiger partial charge in [0.05, 0.1) is 17.6 Å². The number of nitrogens with one attached hydrogen (secondary N) is 1. The summed E-state index contributed by atoms with van der Waals surface area (Å²) in [5.74, 6) is 1.15. The first-order valence-electron chi connectivity index (χ1n) is 10.7. The molecule has 2 heterocycles. The molecule has 150 valence electrons. The largest absolute Gasteiger partial charge is 0.349 e. The van der Waals surface area contributed by atoms with Crippen molar-refractivity contribution in [2.75, 3.05) is 13.1 Å². The molecule has 1 N–H and O–H groups in total. The smallest absolute Gasteiger partial charge is 0.242 e. The van der Waals surface area contributed by atoms with E-state index >= 15 is 0 Å². The number of carbonyl (C=O) groups excluding carboxylic acids is 2. The average molecular weight is 383 g/mol. The van der Waals surface area contributed by atoms with Gasteiger partial charge in [0, 0.05) is 19.0 Å². The fourth-order valence-corrected chi connectivity index (χ4v) is 4.49. The summed E-state index contributed by atoms with van der Waals surface area (Å²) < 4.78 is 1.98. The maximum absolute atomic E-state index is 12.8. The number of piperidine rings is 1. The zero-order valence-corrected chi connectivity index (χ0v) is 16.5. The lowest BCUT2D eigenvalue weighted by molar-refractivity contribution is -0.132. The van der Waals surface area contributed by atoms with Crippen molar-refractivity contribution in [1.29, 1.82) is 0 Å². The second-order valence-corrected chi connectivity index (χ2v) is 8.10. The zero-order valence-electron chi connectivity index (χ0n) is 16.5. The van der Waals surface area contributed by atoms with E-state index in [1.165, 1.54) is 12.8 Å². The molecule has 0 radical (unpaired) electrons. The van der Waals surface area contributed by atoms with Gasteiger partial charge in [0.1, 0.15) is 12.4 Å². The van der Waals surface area contributed by atoms with Gasteiger partial charge in [0.15, 0.2) is 0 Å². The molecule has 2 aliphatic rings. The second-order valence-electron chi connectivity index (χ2n) is 8.10. The highest BCUT2D eigenvalue weighted by atomic mass is 16.2. The predicted octanol–water partition coefficient (Wildman–Crippen LogP) is 3.25. The van der Waals surface area contributed by atoms with Crippen LogP contribution in [0.3, 0.4) is 0 Å². The van der Waals surface area contributed by atoms with E-state index in [0.717, 1.165) is 68.5 Å². The lowest BCUT2D eigenvalue weighted by Gasteiger charge is -2.27. The summed E-state index contributed by atoms with van der Waals surface area (Å²) in [5.41, 5.74) is 1.82. The van der Waals surface area contributed by atoms with Crippen LogP contribution in [0.4, 0.5) is 0 Å². The number of carbonyl (C=O) groups is 2. The monoisotopic (exact) mass is 382 g/mol. The Morgan fingerprint density at radius 1 is 1.00 bits per heavy atom. The van der Waals surface area contributed by atoms with Crippen LogP contribution in [0.2, 0.25) is 0 Å². The molecule has 2 fully saturated rings. The minimum absolute atomic E-state index is 0.126. The molecule has 28 heavy (non-hydrogen) atoms. The molecule has 4 rings (SSSR count). The van der Waals surface area contributed by atoms with E-state index in [2.05, 4.69) is 5.32 Å². The Hall–Kier alpha value is -2.37. The summed E-state index contributed by atoms with van der Waals surface area (Å²) in [6.45, 7) is 2.35. The summed E-state index contributed by atoms with van der Waals surface area (Å²) in [7, 11) is 0.